The van der Waals surface area contributed by atoms with Crippen LogP contribution in [0.5, 0.6) is 5.75 Å². The lowest BCUT2D eigenvalue weighted by Crippen LogP contribution is -2.36. The van der Waals surface area contributed by atoms with E-state index in [0.717, 1.165) is 37.7 Å². The van der Waals surface area contributed by atoms with Gasteiger partial charge in [-0.2, -0.15) is 0 Å². The normalized spacial score (nSPS) is 15.2. The van der Waals surface area contributed by atoms with Crippen molar-refractivity contribution in [3.63, 3.8) is 0 Å². The molecular formula is C22H29N3O2S. The summed E-state index contributed by atoms with van der Waals surface area (Å²) in [4.78, 5) is 2.35. The molecule has 0 aliphatic carbocycles. The van der Waals surface area contributed by atoms with Crippen LogP contribution in [0.3, 0.4) is 0 Å². The maximum absolute atomic E-state index is 5.66. The molecule has 0 bridgehead atoms. The van der Waals surface area contributed by atoms with Crippen molar-refractivity contribution in [3.8, 4) is 5.75 Å². The Labute approximate surface area is 173 Å². The van der Waals surface area contributed by atoms with Gasteiger partial charge < -0.3 is 25.0 Å². The minimum Gasteiger partial charge on any atom is -0.491 e. The molecule has 0 amide bonds. The van der Waals surface area contributed by atoms with Crippen LogP contribution in [0, 0.1) is 0 Å². The zero-order valence-electron chi connectivity index (χ0n) is 16.8. The lowest BCUT2D eigenvalue weighted by atomic mass is 10.1. The average Bonchev–Trinajstić information content (AvgIpc) is 2.70. The van der Waals surface area contributed by atoms with Crippen molar-refractivity contribution in [2.45, 2.75) is 32.9 Å². The first kappa shape index (κ1) is 20.4. The summed E-state index contributed by atoms with van der Waals surface area (Å²) >= 11 is 5.47. The number of rotatable bonds is 6. The lowest BCUT2D eigenvalue weighted by Gasteiger charge is -2.29. The molecular weight excluding hydrogens is 370 g/mol. The fraction of sp³-hybridized carbons (Fsp3) is 0.409. The molecule has 0 radical (unpaired) electrons. The molecule has 1 aliphatic heterocycles. The second kappa shape index (κ2) is 9.75. The first-order valence-corrected chi connectivity index (χ1v) is 10.2. The third-order valence-electron chi connectivity index (χ3n) is 4.60. The van der Waals surface area contributed by atoms with Gasteiger partial charge in [-0.3, -0.25) is 0 Å². The molecule has 28 heavy (non-hydrogen) atoms. The zero-order chi connectivity index (χ0) is 19.9. The molecule has 2 N–H and O–H groups in total. The number of benzene rings is 2. The summed E-state index contributed by atoms with van der Waals surface area (Å²) in [5.41, 5.74) is 3.37. The van der Waals surface area contributed by atoms with Crippen LogP contribution in [-0.4, -0.2) is 37.5 Å². The molecule has 6 heteroatoms. The van der Waals surface area contributed by atoms with Crippen LogP contribution < -0.4 is 20.3 Å². The van der Waals surface area contributed by atoms with Gasteiger partial charge in [0.25, 0.3) is 0 Å². The van der Waals surface area contributed by atoms with Crippen molar-refractivity contribution in [1.29, 1.82) is 0 Å². The molecule has 1 atom stereocenters. The fourth-order valence-electron chi connectivity index (χ4n) is 3.13. The first-order chi connectivity index (χ1) is 13.5. The summed E-state index contributed by atoms with van der Waals surface area (Å²) in [6, 6.07) is 16.6. The standard InChI is InChI=1S/C22H29N3O2S/c1-16(2)27-21-10-6-19(7-11-21)24-22(28)23-17(3)18-4-8-20(9-5-18)25-12-14-26-15-13-25/h4-11,16-17H,12-15H2,1-3H3,(H2,23,24,28)/t17-/m0/s1. The van der Waals surface area contributed by atoms with Crippen LogP contribution in [0.2, 0.25) is 0 Å². The zero-order valence-corrected chi connectivity index (χ0v) is 17.6. The topological polar surface area (TPSA) is 45.8 Å². The van der Waals surface area contributed by atoms with Crippen molar-refractivity contribution in [3.05, 3.63) is 54.1 Å². The number of anilines is 2. The smallest absolute Gasteiger partial charge is 0.171 e. The Kier molecular flexibility index (Phi) is 7.12. The van der Waals surface area contributed by atoms with Gasteiger partial charge in [0.1, 0.15) is 5.75 Å². The van der Waals surface area contributed by atoms with Gasteiger partial charge in [0.2, 0.25) is 0 Å². The molecule has 5 nitrogen and oxygen atoms in total. The van der Waals surface area contributed by atoms with Crippen LogP contribution in [-0.2, 0) is 4.74 Å². The SMILES string of the molecule is CC(C)Oc1ccc(NC(=S)N[C@@H](C)c2ccc(N3CCOCC3)cc2)cc1. The largest absolute Gasteiger partial charge is 0.491 e. The number of hydrogen-bond acceptors (Lipinski definition) is 4. The molecule has 3 rings (SSSR count). The van der Waals surface area contributed by atoms with E-state index in [1.807, 2.05) is 38.1 Å². The van der Waals surface area contributed by atoms with Crippen molar-refractivity contribution >= 4 is 28.7 Å². The van der Waals surface area contributed by atoms with Crippen LogP contribution in [0.25, 0.3) is 0 Å². The van der Waals surface area contributed by atoms with Gasteiger partial charge >= 0.3 is 0 Å². The number of thiocarbonyl (C=S) groups is 1. The molecule has 1 aliphatic rings. The Morgan fingerprint density at radius 3 is 2.25 bits per heavy atom. The predicted molar refractivity (Wildman–Crippen MR) is 119 cm³/mol. The van der Waals surface area contributed by atoms with E-state index < -0.39 is 0 Å². The molecule has 1 heterocycles. The highest BCUT2D eigenvalue weighted by Gasteiger charge is 2.12. The van der Waals surface area contributed by atoms with Gasteiger partial charge in [0.05, 0.1) is 25.4 Å². The van der Waals surface area contributed by atoms with Crippen LogP contribution in [0.4, 0.5) is 11.4 Å². The van der Waals surface area contributed by atoms with Crippen LogP contribution in [0.1, 0.15) is 32.4 Å². The van der Waals surface area contributed by atoms with Gasteiger partial charge in [-0.1, -0.05) is 12.1 Å². The maximum atomic E-state index is 5.66. The van der Waals surface area contributed by atoms with E-state index >= 15 is 0 Å². The fourth-order valence-corrected chi connectivity index (χ4v) is 3.43. The Morgan fingerprint density at radius 1 is 1.00 bits per heavy atom. The predicted octanol–water partition coefficient (Wildman–Crippen LogP) is 4.36. The van der Waals surface area contributed by atoms with Crippen LogP contribution in [0.15, 0.2) is 48.5 Å². The Hall–Kier alpha value is -2.31. The molecule has 0 spiro atoms. The van der Waals surface area contributed by atoms with E-state index in [2.05, 4.69) is 46.7 Å². The summed E-state index contributed by atoms with van der Waals surface area (Å²) in [5.74, 6) is 0.855. The molecule has 150 valence electrons. The van der Waals surface area contributed by atoms with E-state index in [4.69, 9.17) is 21.7 Å². The molecule has 0 aromatic heterocycles. The summed E-state index contributed by atoms with van der Waals surface area (Å²) < 4.78 is 11.1. The second-order valence-corrected chi connectivity index (χ2v) is 7.61. The second-order valence-electron chi connectivity index (χ2n) is 7.20. The quantitative estimate of drug-likeness (QED) is 0.704. The summed E-state index contributed by atoms with van der Waals surface area (Å²) in [6.07, 6.45) is 0.164. The highest BCUT2D eigenvalue weighted by molar-refractivity contribution is 7.80. The van der Waals surface area contributed by atoms with E-state index in [0.29, 0.717) is 5.11 Å². The Morgan fingerprint density at radius 2 is 1.64 bits per heavy atom. The Balaban J connectivity index is 1.52. The van der Waals surface area contributed by atoms with Gasteiger partial charge in [0.15, 0.2) is 5.11 Å². The van der Waals surface area contributed by atoms with Gasteiger partial charge in [-0.15, -0.1) is 0 Å². The number of hydrogen-bond donors (Lipinski definition) is 2. The van der Waals surface area contributed by atoms with E-state index in [1.165, 1.54) is 11.3 Å². The number of nitrogens with zero attached hydrogens (tertiary/aromatic N) is 1. The first-order valence-electron chi connectivity index (χ1n) is 9.78. The minimum atomic E-state index is 0.113. The number of ether oxygens (including phenoxy) is 2. The molecule has 2 aromatic carbocycles. The van der Waals surface area contributed by atoms with Crippen LogP contribution >= 0.6 is 12.2 Å². The summed E-state index contributed by atoms with van der Waals surface area (Å²) in [6.45, 7) is 9.62. The Bertz CT molecular complexity index is 756. The molecule has 0 unspecified atom stereocenters. The van der Waals surface area contributed by atoms with Gasteiger partial charge in [0, 0.05) is 24.5 Å². The van der Waals surface area contributed by atoms with Crippen molar-refractivity contribution < 1.29 is 9.47 Å². The highest BCUT2D eigenvalue weighted by Crippen LogP contribution is 2.21. The maximum Gasteiger partial charge on any atom is 0.171 e. The third-order valence-corrected chi connectivity index (χ3v) is 4.82. The molecule has 1 fully saturated rings. The summed E-state index contributed by atoms with van der Waals surface area (Å²) in [5, 5.41) is 7.17. The number of morpholine rings is 1. The molecule has 1 saturated heterocycles. The lowest BCUT2D eigenvalue weighted by molar-refractivity contribution is 0.122. The highest BCUT2D eigenvalue weighted by atomic mass is 32.1. The van der Waals surface area contributed by atoms with Gasteiger partial charge in [-0.05, 0) is 75.0 Å². The van der Waals surface area contributed by atoms with Crippen molar-refractivity contribution in [2.75, 3.05) is 36.5 Å². The van der Waals surface area contributed by atoms with E-state index in [-0.39, 0.29) is 12.1 Å². The van der Waals surface area contributed by atoms with Gasteiger partial charge in [-0.25, -0.2) is 0 Å². The number of nitrogens with one attached hydrogen (secondary N) is 2. The van der Waals surface area contributed by atoms with E-state index in [1.54, 1.807) is 0 Å². The van der Waals surface area contributed by atoms with E-state index in [9.17, 15) is 0 Å². The van der Waals surface area contributed by atoms with Crippen molar-refractivity contribution in [1.82, 2.24) is 5.32 Å². The molecule has 0 saturated carbocycles. The average molecular weight is 400 g/mol. The van der Waals surface area contributed by atoms with Crippen molar-refractivity contribution in [2.24, 2.45) is 0 Å². The third kappa shape index (κ3) is 5.84. The monoisotopic (exact) mass is 399 g/mol. The summed E-state index contributed by atoms with van der Waals surface area (Å²) in [7, 11) is 0. The molecule has 2 aromatic rings. The minimum absolute atomic E-state index is 0.113.